The van der Waals surface area contributed by atoms with Crippen LogP contribution < -0.4 is 4.74 Å². The summed E-state index contributed by atoms with van der Waals surface area (Å²) in [6.45, 7) is 2.76. The molecule has 0 fully saturated rings. The van der Waals surface area contributed by atoms with Gasteiger partial charge in [0, 0.05) is 11.9 Å². The first-order chi connectivity index (χ1) is 9.11. The molecule has 0 amide bonds. The zero-order valence-electron chi connectivity index (χ0n) is 10.9. The van der Waals surface area contributed by atoms with Gasteiger partial charge in [-0.3, -0.25) is 0 Å². The molecule has 0 saturated carbocycles. The number of ether oxygens (including phenoxy) is 1. The first kappa shape index (κ1) is 13.7. The van der Waals surface area contributed by atoms with E-state index in [1.165, 1.54) is 0 Å². The maximum absolute atomic E-state index is 11.4. The van der Waals surface area contributed by atoms with Gasteiger partial charge in [-0.25, -0.2) is 4.79 Å². The molecule has 0 radical (unpaired) electrons. The van der Waals surface area contributed by atoms with Gasteiger partial charge in [0.25, 0.3) is 0 Å². The average molecular weight is 282 g/mol. The van der Waals surface area contributed by atoms with Crippen LogP contribution in [0.5, 0.6) is 5.75 Å². The average Bonchev–Trinajstić information content (AvgIpc) is 2.68. The van der Waals surface area contributed by atoms with Crippen molar-refractivity contribution in [3.05, 3.63) is 28.9 Å². The molecule has 0 aliphatic heterocycles. The number of hydrogen-bond donors (Lipinski definition) is 1. The number of benzene rings is 1. The number of hydrogen-bond acceptors (Lipinski definition) is 2. The number of nitrogens with zero attached hydrogens (tertiary/aromatic N) is 1. The maximum Gasteiger partial charge on any atom is 0.339 e. The molecule has 0 unspecified atom stereocenters. The summed E-state index contributed by atoms with van der Waals surface area (Å²) in [6.07, 6.45) is 1.94. The van der Waals surface area contributed by atoms with Crippen molar-refractivity contribution in [2.75, 3.05) is 7.11 Å². The van der Waals surface area contributed by atoms with E-state index in [0.29, 0.717) is 17.7 Å². The van der Waals surface area contributed by atoms with Crippen LogP contribution in [0.25, 0.3) is 10.9 Å². The number of methoxy groups -OCH3 is 1. The molecule has 0 bridgehead atoms. The molecule has 0 aliphatic rings. The van der Waals surface area contributed by atoms with E-state index >= 15 is 0 Å². The Balaban J connectivity index is 2.77. The predicted molar refractivity (Wildman–Crippen MR) is 75.4 cm³/mol. The lowest BCUT2D eigenvalue weighted by molar-refractivity contribution is 0.0699. The topological polar surface area (TPSA) is 51.5 Å². The minimum Gasteiger partial charge on any atom is -0.495 e. The van der Waals surface area contributed by atoms with Gasteiger partial charge >= 0.3 is 5.97 Å². The Morgan fingerprint density at radius 3 is 2.79 bits per heavy atom. The van der Waals surface area contributed by atoms with Gasteiger partial charge < -0.3 is 14.4 Å². The number of rotatable bonds is 5. The molecular formula is C14H16ClNO3. The molecule has 0 spiro atoms. The highest BCUT2D eigenvalue weighted by molar-refractivity contribution is 6.35. The molecule has 5 heteroatoms. The van der Waals surface area contributed by atoms with Crippen LogP contribution in [0.2, 0.25) is 5.15 Å². The molecule has 1 heterocycles. The van der Waals surface area contributed by atoms with Crippen LogP contribution in [0.15, 0.2) is 18.2 Å². The Morgan fingerprint density at radius 2 is 2.21 bits per heavy atom. The zero-order valence-corrected chi connectivity index (χ0v) is 11.7. The lowest BCUT2D eigenvalue weighted by Crippen LogP contribution is -2.00. The van der Waals surface area contributed by atoms with E-state index in [9.17, 15) is 9.90 Å². The Kier molecular flexibility index (Phi) is 4.00. The summed E-state index contributed by atoms with van der Waals surface area (Å²) in [5, 5.41) is 10.2. The predicted octanol–water partition coefficient (Wildman–Crippen LogP) is 3.80. The van der Waals surface area contributed by atoms with Gasteiger partial charge in [-0.2, -0.15) is 0 Å². The number of aromatic nitrogens is 1. The summed E-state index contributed by atoms with van der Waals surface area (Å²) in [5.41, 5.74) is 0.896. The number of halogens is 1. The van der Waals surface area contributed by atoms with E-state index in [2.05, 4.69) is 6.92 Å². The van der Waals surface area contributed by atoms with E-state index in [1.807, 2.05) is 10.6 Å². The molecule has 0 atom stereocenters. The highest BCUT2D eigenvalue weighted by Gasteiger charge is 2.22. The maximum atomic E-state index is 11.4. The summed E-state index contributed by atoms with van der Waals surface area (Å²) < 4.78 is 7.15. The largest absolute Gasteiger partial charge is 0.495 e. The summed E-state index contributed by atoms with van der Waals surface area (Å²) in [5.74, 6) is -0.374. The van der Waals surface area contributed by atoms with Crippen LogP contribution in [0.1, 0.15) is 30.1 Å². The van der Waals surface area contributed by atoms with Gasteiger partial charge in [0.1, 0.15) is 16.5 Å². The monoisotopic (exact) mass is 281 g/mol. The zero-order chi connectivity index (χ0) is 14.0. The summed E-state index contributed by atoms with van der Waals surface area (Å²) in [7, 11) is 1.57. The van der Waals surface area contributed by atoms with E-state index in [-0.39, 0.29) is 10.7 Å². The van der Waals surface area contributed by atoms with Crippen LogP contribution in [0.4, 0.5) is 0 Å². The fourth-order valence-electron chi connectivity index (χ4n) is 2.24. The van der Waals surface area contributed by atoms with E-state index < -0.39 is 5.97 Å². The van der Waals surface area contributed by atoms with Crippen molar-refractivity contribution in [3.8, 4) is 5.75 Å². The molecule has 0 saturated heterocycles. The van der Waals surface area contributed by atoms with Gasteiger partial charge in [0.15, 0.2) is 0 Å². The third-order valence-electron chi connectivity index (χ3n) is 3.15. The highest BCUT2D eigenvalue weighted by atomic mass is 35.5. The Bertz CT molecular complexity index is 619. The first-order valence-electron chi connectivity index (χ1n) is 6.19. The molecule has 1 aromatic carbocycles. The number of carboxylic acid groups (broad SMARTS) is 1. The number of unbranched alkanes of at least 4 members (excludes halogenated alkanes) is 1. The third kappa shape index (κ3) is 2.28. The smallest absolute Gasteiger partial charge is 0.339 e. The molecular weight excluding hydrogens is 266 g/mol. The lowest BCUT2D eigenvalue weighted by atomic mass is 10.1. The van der Waals surface area contributed by atoms with Crippen molar-refractivity contribution in [1.82, 2.24) is 4.57 Å². The fraction of sp³-hybridized carbons (Fsp3) is 0.357. The van der Waals surface area contributed by atoms with Gasteiger partial charge in [-0.05, 0) is 12.5 Å². The quantitative estimate of drug-likeness (QED) is 0.907. The van der Waals surface area contributed by atoms with Crippen LogP contribution in [0.3, 0.4) is 0 Å². The molecule has 19 heavy (non-hydrogen) atoms. The van der Waals surface area contributed by atoms with Crippen molar-refractivity contribution in [1.29, 1.82) is 0 Å². The second-order valence-corrected chi connectivity index (χ2v) is 4.69. The number of aromatic carboxylic acids is 1. The minimum absolute atomic E-state index is 0.145. The molecule has 4 nitrogen and oxygen atoms in total. The van der Waals surface area contributed by atoms with Crippen LogP contribution in [0, 0.1) is 0 Å². The van der Waals surface area contributed by atoms with E-state index in [4.69, 9.17) is 16.3 Å². The van der Waals surface area contributed by atoms with Crippen molar-refractivity contribution in [3.63, 3.8) is 0 Å². The second-order valence-electron chi connectivity index (χ2n) is 4.33. The van der Waals surface area contributed by atoms with Crippen LogP contribution in [-0.4, -0.2) is 22.8 Å². The SMILES string of the molecule is CCCCn1c(Cl)c(C(=O)O)c2cccc(OC)c21. The highest BCUT2D eigenvalue weighted by Crippen LogP contribution is 2.35. The summed E-state index contributed by atoms with van der Waals surface area (Å²) in [6, 6.07) is 5.34. The van der Waals surface area contributed by atoms with Gasteiger partial charge in [0.05, 0.1) is 12.6 Å². The number of aryl methyl sites for hydroxylation is 1. The third-order valence-corrected chi connectivity index (χ3v) is 3.54. The minimum atomic E-state index is -1.02. The molecule has 2 aromatic rings. The second kappa shape index (κ2) is 5.53. The molecule has 1 aromatic heterocycles. The Hall–Kier alpha value is -1.68. The molecule has 2 rings (SSSR count). The van der Waals surface area contributed by atoms with Gasteiger partial charge in [-0.1, -0.05) is 37.1 Å². The molecule has 0 aliphatic carbocycles. The number of carbonyl (C=O) groups is 1. The Morgan fingerprint density at radius 1 is 1.47 bits per heavy atom. The van der Waals surface area contributed by atoms with Gasteiger partial charge in [-0.15, -0.1) is 0 Å². The number of carboxylic acids is 1. The lowest BCUT2D eigenvalue weighted by Gasteiger charge is -2.09. The summed E-state index contributed by atoms with van der Waals surface area (Å²) in [4.78, 5) is 11.4. The van der Waals surface area contributed by atoms with Crippen molar-refractivity contribution >= 4 is 28.5 Å². The summed E-state index contributed by atoms with van der Waals surface area (Å²) >= 11 is 6.24. The number of para-hydroxylation sites is 1. The Labute approximate surface area is 116 Å². The van der Waals surface area contributed by atoms with Gasteiger partial charge in [0.2, 0.25) is 0 Å². The van der Waals surface area contributed by atoms with Crippen molar-refractivity contribution < 1.29 is 14.6 Å². The number of fused-ring (bicyclic) bond motifs is 1. The molecule has 102 valence electrons. The van der Waals surface area contributed by atoms with Crippen molar-refractivity contribution in [2.24, 2.45) is 0 Å². The normalized spacial score (nSPS) is 10.9. The van der Waals surface area contributed by atoms with Crippen LogP contribution >= 0.6 is 11.6 Å². The standard InChI is InChI=1S/C14H16ClNO3/c1-3-4-8-16-12-9(6-5-7-10(12)19-2)11(13(16)15)14(17)18/h5-7H,3-4,8H2,1-2H3,(H,17,18). The van der Waals surface area contributed by atoms with Crippen LogP contribution in [-0.2, 0) is 6.54 Å². The first-order valence-corrected chi connectivity index (χ1v) is 6.57. The van der Waals surface area contributed by atoms with E-state index in [0.717, 1.165) is 18.4 Å². The van der Waals surface area contributed by atoms with Crippen molar-refractivity contribution in [2.45, 2.75) is 26.3 Å². The fourth-order valence-corrected chi connectivity index (χ4v) is 2.59. The molecule has 1 N–H and O–H groups in total. The van der Waals surface area contributed by atoms with E-state index in [1.54, 1.807) is 19.2 Å².